The van der Waals surface area contributed by atoms with E-state index in [0.29, 0.717) is 5.82 Å². The molecule has 0 aromatic carbocycles. The Hall–Kier alpha value is -1.21. The summed E-state index contributed by atoms with van der Waals surface area (Å²) in [6, 6.07) is 0.0827. The van der Waals surface area contributed by atoms with Crippen molar-refractivity contribution in [2.24, 2.45) is 0 Å². The third-order valence-electron chi connectivity index (χ3n) is 2.12. The highest BCUT2D eigenvalue weighted by molar-refractivity contribution is 9.10. The van der Waals surface area contributed by atoms with Gasteiger partial charge in [0.2, 0.25) is 5.95 Å². The fourth-order valence-corrected chi connectivity index (χ4v) is 2.43. The fourth-order valence-electron chi connectivity index (χ4n) is 1.32. The quantitative estimate of drug-likeness (QED) is 0.911. The minimum Gasteiger partial charge on any atom is -0.368 e. The molecule has 2 rings (SSSR count). The molecule has 5 nitrogen and oxygen atoms in total. The van der Waals surface area contributed by atoms with Gasteiger partial charge in [-0.3, -0.25) is 0 Å². The van der Waals surface area contributed by atoms with Crippen molar-refractivity contribution in [1.29, 1.82) is 0 Å². The standard InChI is InChI=1S/C10H12BrN5S/c1-5-4-17-9(14-5)6(2)15-8-7(11)3-13-10(12)16-8/h3-4,6H,1-2H3,(H3,12,13,15,16). The molecule has 0 saturated carbocycles. The lowest BCUT2D eigenvalue weighted by molar-refractivity contribution is 0.852. The SMILES string of the molecule is Cc1csc(C(C)Nc2nc(N)ncc2Br)n1. The van der Waals surface area contributed by atoms with Crippen LogP contribution in [0.4, 0.5) is 11.8 Å². The number of nitrogens with one attached hydrogen (secondary N) is 1. The lowest BCUT2D eigenvalue weighted by Crippen LogP contribution is -2.09. The van der Waals surface area contributed by atoms with Crippen LogP contribution >= 0.6 is 27.3 Å². The summed E-state index contributed by atoms with van der Waals surface area (Å²) in [4.78, 5) is 12.4. The van der Waals surface area contributed by atoms with E-state index in [1.807, 2.05) is 19.2 Å². The predicted molar refractivity (Wildman–Crippen MR) is 73.0 cm³/mol. The predicted octanol–water partition coefficient (Wildman–Crippen LogP) is 2.76. The Kier molecular flexibility index (Phi) is 3.58. The van der Waals surface area contributed by atoms with Crippen LogP contribution < -0.4 is 11.1 Å². The molecule has 17 heavy (non-hydrogen) atoms. The summed E-state index contributed by atoms with van der Waals surface area (Å²) in [5, 5.41) is 6.30. The van der Waals surface area contributed by atoms with Crippen molar-refractivity contribution in [2.45, 2.75) is 19.9 Å². The van der Waals surface area contributed by atoms with E-state index in [4.69, 9.17) is 5.73 Å². The van der Waals surface area contributed by atoms with E-state index in [2.05, 4.69) is 36.2 Å². The highest BCUT2D eigenvalue weighted by Crippen LogP contribution is 2.26. The van der Waals surface area contributed by atoms with Gasteiger partial charge in [-0.15, -0.1) is 11.3 Å². The lowest BCUT2D eigenvalue weighted by atomic mass is 10.3. The molecule has 2 aromatic heterocycles. The van der Waals surface area contributed by atoms with Gasteiger partial charge in [0.05, 0.1) is 10.5 Å². The first-order valence-electron chi connectivity index (χ1n) is 5.03. The molecule has 3 N–H and O–H groups in total. The zero-order valence-corrected chi connectivity index (χ0v) is 11.8. The van der Waals surface area contributed by atoms with Crippen molar-refractivity contribution in [3.05, 3.63) is 26.8 Å². The van der Waals surface area contributed by atoms with E-state index in [1.54, 1.807) is 17.5 Å². The van der Waals surface area contributed by atoms with Crippen LogP contribution in [0.1, 0.15) is 23.7 Å². The summed E-state index contributed by atoms with van der Waals surface area (Å²) in [6.45, 7) is 4.01. The van der Waals surface area contributed by atoms with E-state index < -0.39 is 0 Å². The summed E-state index contributed by atoms with van der Waals surface area (Å²) in [5.41, 5.74) is 6.58. The Bertz CT molecular complexity index is 527. The second-order valence-corrected chi connectivity index (χ2v) is 5.36. The van der Waals surface area contributed by atoms with Gasteiger partial charge in [0.15, 0.2) is 0 Å². The molecular weight excluding hydrogens is 302 g/mol. The van der Waals surface area contributed by atoms with Crippen LogP contribution in [-0.2, 0) is 0 Å². The first kappa shape index (κ1) is 12.3. The van der Waals surface area contributed by atoms with Crippen molar-refractivity contribution < 1.29 is 0 Å². The molecule has 0 aliphatic heterocycles. The number of halogens is 1. The molecule has 0 saturated heterocycles. The van der Waals surface area contributed by atoms with Crippen LogP contribution in [0.25, 0.3) is 0 Å². The molecule has 1 unspecified atom stereocenters. The van der Waals surface area contributed by atoms with E-state index in [9.17, 15) is 0 Å². The first-order valence-corrected chi connectivity index (χ1v) is 6.70. The van der Waals surface area contributed by atoms with Gasteiger partial charge in [0, 0.05) is 17.3 Å². The minimum atomic E-state index is 0.0827. The summed E-state index contributed by atoms with van der Waals surface area (Å²) in [5.74, 6) is 0.927. The summed E-state index contributed by atoms with van der Waals surface area (Å²) in [6.07, 6.45) is 1.63. The molecular formula is C10H12BrN5S. The van der Waals surface area contributed by atoms with Gasteiger partial charge in [0.25, 0.3) is 0 Å². The number of aromatic nitrogens is 3. The first-order chi connectivity index (χ1) is 8.06. The Morgan fingerprint density at radius 2 is 2.24 bits per heavy atom. The highest BCUT2D eigenvalue weighted by atomic mass is 79.9. The molecule has 0 spiro atoms. The van der Waals surface area contributed by atoms with E-state index in [-0.39, 0.29) is 12.0 Å². The third-order valence-corrected chi connectivity index (χ3v) is 3.85. The molecule has 0 radical (unpaired) electrons. The average Bonchev–Trinajstić information content (AvgIpc) is 2.70. The number of nitrogen functional groups attached to an aromatic ring is 1. The number of thiazole rings is 1. The van der Waals surface area contributed by atoms with Gasteiger partial charge in [-0.05, 0) is 29.8 Å². The molecule has 0 fully saturated rings. The van der Waals surface area contributed by atoms with Crippen molar-refractivity contribution in [3.63, 3.8) is 0 Å². The maximum atomic E-state index is 5.55. The molecule has 0 aliphatic rings. The van der Waals surface area contributed by atoms with Gasteiger partial charge in [0.1, 0.15) is 10.8 Å². The van der Waals surface area contributed by atoms with Crippen LogP contribution in [0.2, 0.25) is 0 Å². The van der Waals surface area contributed by atoms with Crippen molar-refractivity contribution in [3.8, 4) is 0 Å². The summed E-state index contributed by atoms with van der Waals surface area (Å²) < 4.78 is 0.784. The van der Waals surface area contributed by atoms with E-state index in [1.165, 1.54) is 0 Å². The van der Waals surface area contributed by atoms with Crippen molar-refractivity contribution in [2.75, 3.05) is 11.1 Å². The van der Waals surface area contributed by atoms with Crippen LogP contribution in [0, 0.1) is 6.92 Å². The summed E-state index contributed by atoms with van der Waals surface area (Å²) >= 11 is 5.00. The van der Waals surface area contributed by atoms with Crippen molar-refractivity contribution in [1.82, 2.24) is 15.0 Å². The molecule has 90 valence electrons. The second kappa shape index (κ2) is 4.97. The molecule has 0 amide bonds. The normalized spacial score (nSPS) is 12.4. The Labute approximate surface area is 112 Å². The number of rotatable bonds is 3. The van der Waals surface area contributed by atoms with Crippen LogP contribution in [0.5, 0.6) is 0 Å². The fraction of sp³-hybridized carbons (Fsp3) is 0.300. The Morgan fingerprint density at radius 1 is 1.47 bits per heavy atom. The summed E-state index contributed by atoms with van der Waals surface area (Å²) in [7, 11) is 0. The van der Waals surface area contributed by atoms with Gasteiger partial charge < -0.3 is 11.1 Å². The number of hydrogen-bond donors (Lipinski definition) is 2. The maximum absolute atomic E-state index is 5.55. The third kappa shape index (κ3) is 2.92. The van der Waals surface area contributed by atoms with E-state index in [0.717, 1.165) is 15.2 Å². The minimum absolute atomic E-state index is 0.0827. The number of nitrogens with zero attached hydrogens (tertiary/aromatic N) is 3. The van der Waals surface area contributed by atoms with Gasteiger partial charge >= 0.3 is 0 Å². The van der Waals surface area contributed by atoms with E-state index >= 15 is 0 Å². The van der Waals surface area contributed by atoms with Gasteiger partial charge in [-0.25, -0.2) is 9.97 Å². The molecule has 2 heterocycles. The second-order valence-electron chi connectivity index (χ2n) is 3.62. The molecule has 7 heteroatoms. The van der Waals surface area contributed by atoms with Gasteiger partial charge in [-0.1, -0.05) is 0 Å². The zero-order chi connectivity index (χ0) is 12.4. The van der Waals surface area contributed by atoms with Crippen LogP contribution in [0.3, 0.4) is 0 Å². The molecule has 0 bridgehead atoms. The van der Waals surface area contributed by atoms with Crippen molar-refractivity contribution >= 4 is 39.0 Å². The number of anilines is 2. The monoisotopic (exact) mass is 313 g/mol. The molecule has 2 aromatic rings. The highest BCUT2D eigenvalue weighted by Gasteiger charge is 2.12. The molecule has 0 aliphatic carbocycles. The lowest BCUT2D eigenvalue weighted by Gasteiger charge is -2.13. The Morgan fingerprint density at radius 3 is 2.88 bits per heavy atom. The topological polar surface area (TPSA) is 76.7 Å². The van der Waals surface area contributed by atoms with Crippen LogP contribution in [-0.4, -0.2) is 15.0 Å². The number of nitrogens with two attached hydrogens (primary N) is 1. The molecule has 1 atom stereocenters. The number of hydrogen-bond acceptors (Lipinski definition) is 6. The zero-order valence-electron chi connectivity index (χ0n) is 9.44. The van der Waals surface area contributed by atoms with Gasteiger partial charge in [-0.2, -0.15) is 4.98 Å². The Balaban J connectivity index is 2.18. The average molecular weight is 314 g/mol. The smallest absolute Gasteiger partial charge is 0.221 e. The maximum Gasteiger partial charge on any atom is 0.221 e. The number of aryl methyl sites for hydroxylation is 1. The largest absolute Gasteiger partial charge is 0.368 e. The van der Waals surface area contributed by atoms with Crippen LogP contribution in [0.15, 0.2) is 16.0 Å².